The summed E-state index contributed by atoms with van der Waals surface area (Å²) in [4.78, 5) is 15.0. The van der Waals surface area contributed by atoms with Crippen molar-refractivity contribution in [1.82, 2.24) is 11.1 Å². The summed E-state index contributed by atoms with van der Waals surface area (Å²) in [5, 5.41) is 0. The predicted molar refractivity (Wildman–Crippen MR) is 50.0 cm³/mol. The number of ether oxygens (including phenoxy) is 1. The van der Waals surface area contributed by atoms with Gasteiger partial charge >= 0.3 is 5.97 Å². The zero-order valence-corrected chi connectivity index (χ0v) is 7.91. The quantitative estimate of drug-likeness (QED) is 0.707. The van der Waals surface area contributed by atoms with Crippen LogP contribution in [0.3, 0.4) is 0 Å². The number of aromatic nitrogens is 1. The molecule has 1 rings (SSSR count). The highest BCUT2D eigenvalue weighted by Gasteiger charge is 2.06. The van der Waals surface area contributed by atoms with E-state index in [2.05, 4.69) is 4.98 Å². The third-order valence-corrected chi connectivity index (χ3v) is 1.40. The maximum absolute atomic E-state index is 11.1. The maximum Gasteiger partial charge on any atom is 0.356 e. The topological polar surface area (TPSA) is 74.2 Å². The Bertz CT molecular complexity index is 287. The Hall–Kier alpha value is -1.42. The molecule has 0 saturated carbocycles. The van der Waals surface area contributed by atoms with E-state index in [0.717, 1.165) is 5.56 Å². The van der Waals surface area contributed by atoms with Crippen LogP contribution in [0.15, 0.2) is 18.3 Å². The highest BCUT2D eigenvalue weighted by atomic mass is 16.5. The van der Waals surface area contributed by atoms with Crippen LogP contribution in [0.2, 0.25) is 0 Å². The molecule has 0 amide bonds. The summed E-state index contributed by atoms with van der Waals surface area (Å²) < 4.78 is 4.78. The SMILES string of the molecule is CCOC(=O)c1cc(C)ccn1.N. The zero-order chi connectivity index (χ0) is 8.97. The van der Waals surface area contributed by atoms with Gasteiger partial charge in [0.05, 0.1) is 6.61 Å². The number of nitrogens with zero attached hydrogens (tertiary/aromatic N) is 1. The van der Waals surface area contributed by atoms with E-state index < -0.39 is 0 Å². The Labute approximate surface area is 77.5 Å². The first-order valence-corrected chi connectivity index (χ1v) is 3.84. The molecule has 1 aromatic rings. The molecule has 4 heteroatoms. The largest absolute Gasteiger partial charge is 0.461 e. The number of hydrogen-bond acceptors (Lipinski definition) is 4. The zero-order valence-electron chi connectivity index (χ0n) is 7.91. The van der Waals surface area contributed by atoms with Crippen molar-refractivity contribution in [2.24, 2.45) is 0 Å². The average molecular weight is 182 g/mol. The Kier molecular flexibility index (Phi) is 4.69. The molecule has 0 aromatic carbocycles. The normalized spacial score (nSPS) is 8.77. The second kappa shape index (κ2) is 5.27. The molecule has 0 aliphatic heterocycles. The van der Waals surface area contributed by atoms with Crippen LogP contribution in [0.5, 0.6) is 0 Å². The molecule has 0 atom stereocenters. The average Bonchev–Trinajstić information content (AvgIpc) is 2.05. The van der Waals surface area contributed by atoms with E-state index in [1.807, 2.05) is 13.0 Å². The van der Waals surface area contributed by atoms with Gasteiger partial charge in [0.25, 0.3) is 0 Å². The molecule has 0 unspecified atom stereocenters. The second-order valence-electron chi connectivity index (χ2n) is 2.44. The Balaban J connectivity index is 0.00000144. The number of rotatable bonds is 2. The molecule has 0 aliphatic carbocycles. The van der Waals surface area contributed by atoms with Gasteiger partial charge in [-0.05, 0) is 31.5 Å². The third-order valence-electron chi connectivity index (χ3n) is 1.40. The van der Waals surface area contributed by atoms with Gasteiger partial charge in [0.15, 0.2) is 0 Å². The molecular weight excluding hydrogens is 168 g/mol. The van der Waals surface area contributed by atoms with Gasteiger partial charge in [-0.1, -0.05) is 0 Å². The monoisotopic (exact) mass is 182 g/mol. The summed E-state index contributed by atoms with van der Waals surface area (Å²) in [6, 6.07) is 3.54. The fourth-order valence-corrected chi connectivity index (χ4v) is 0.853. The fourth-order valence-electron chi connectivity index (χ4n) is 0.853. The first-order chi connectivity index (χ1) is 5.74. The standard InChI is InChI=1S/C9H11NO2.H3N/c1-3-12-9(11)8-6-7(2)4-5-10-8;/h4-6H,3H2,1-2H3;1H3. The van der Waals surface area contributed by atoms with Gasteiger partial charge in [0, 0.05) is 6.20 Å². The minimum absolute atomic E-state index is 0. The lowest BCUT2D eigenvalue weighted by Crippen LogP contribution is -2.06. The summed E-state index contributed by atoms with van der Waals surface area (Å²) in [5.74, 6) is -0.360. The maximum atomic E-state index is 11.1. The van der Waals surface area contributed by atoms with Crippen LogP contribution in [0, 0.1) is 6.92 Å². The molecule has 0 saturated heterocycles. The van der Waals surface area contributed by atoms with Gasteiger partial charge in [-0.25, -0.2) is 9.78 Å². The van der Waals surface area contributed by atoms with Gasteiger partial charge < -0.3 is 10.9 Å². The number of aryl methyl sites for hydroxylation is 1. The molecular formula is C9H14N2O2. The Morgan fingerprint density at radius 2 is 2.31 bits per heavy atom. The molecule has 0 radical (unpaired) electrons. The molecule has 4 nitrogen and oxygen atoms in total. The first-order valence-electron chi connectivity index (χ1n) is 3.84. The fraction of sp³-hybridized carbons (Fsp3) is 0.333. The van der Waals surface area contributed by atoms with Crippen LogP contribution in [0.4, 0.5) is 0 Å². The molecule has 1 aromatic heterocycles. The Morgan fingerprint density at radius 3 is 2.85 bits per heavy atom. The van der Waals surface area contributed by atoms with Gasteiger partial charge in [-0.3, -0.25) is 0 Å². The molecule has 0 aliphatic rings. The van der Waals surface area contributed by atoms with E-state index in [-0.39, 0.29) is 12.1 Å². The lowest BCUT2D eigenvalue weighted by Gasteiger charge is -2.00. The third kappa shape index (κ3) is 3.21. The van der Waals surface area contributed by atoms with Crippen LogP contribution in [0.25, 0.3) is 0 Å². The van der Waals surface area contributed by atoms with E-state index >= 15 is 0 Å². The number of hydrogen-bond donors (Lipinski definition) is 1. The van der Waals surface area contributed by atoms with E-state index in [0.29, 0.717) is 12.3 Å². The molecule has 13 heavy (non-hydrogen) atoms. The first kappa shape index (κ1) is 11.6. The Morgan fingerprint density at radius 1 is 1.62 bits per heavy atom. The summed E-state index contributed by atoms with van der Waals surface area (Å²) in [5.41, 5.74) is 1.38. The van der Waals surface area contributed by atoms with Crippen molar-refractivity contribution in [2.75, 3.05) is 6.61 Å². The van der Waals surface area contributed by atoms with Gasteiger partial charge in [0.2, 0.25) is 0 Å². The van der Waals surface area contributed by atoms with E-state index in [1.54, 1.807) is 19.2 Å². The van der Waals surface area contributed by atoms with E-state index in [9.17, 15) is 4.79 Å². The van der Waals surface area contributed by atoms with Gasteiger partial charge in [-0.15, -0.1) is 0 Å². The molecule has 3 N–H and O–H groups in total. The molecule has 0 fully saturated rings. The lowest BCUT2D eigenvalue weighted by atomic mass is 10.2. The molecule has 72 valence electrons. The number of esters is 1. The molecule has 0 spiro atoms. The number of pyridine rings is 1. The summed E-state index contributed by atoms with van der Waals surface area (Å²) in [7, 11) is 0. The predicted octanol–water partition coefficient (Wildman–Crippen LogP) is 1.73. The lowest BCUT2D eigenvalue weighted by molar-refractivity contribution is 0.0519. The molecule has 0 bridgehead atoms. The minimum atomic E-state index is -0.360. The highest BCUT2D eigenvalue weighted by molar-refractivity contribution is 5.87. The van der Waals surface area contributed by atoms with E-state index in [1.165, 1.54) is 0 Å². The van der Waals surface area contributed by atoms with Crippen molar-refractivity contribution in [3.05, 3.63) is 29.6 Å². The van der Waals surface area contributed by atoms with E-state index in [4.69, 9.17) is 4.74 Å². The van der Waals surface area contributed by atoms with Crippen molar-refractivity contribution in [2.45, 2.75) is 13.8 Å². The second-order valence-corrected chi connectivity index (χ2v) is 2.44. The van der Waals surface area contributed by atoms with Gasteiger partial charge in [-0.2, -0.15) is 0 Å². The summed E-state index contributed by atoms with van der Waals surface area (Å²) in [6.07, 6.45) is 1.60. The highest BCUT2D eigenvalue weighted by Crippen LogP contribution is 2.01. The summed E-state index contributed by atoms with van der Waals surface area (Å²) in [6.45, 7) is 4.06. The van der Waals surface area contributed by atoms with Crippen molar-refractivity contribution in [1.29, 1.82) is 0 Å². The smallest absolute Gasteiger partial charge is 0.356 e. The number of carbonyl (C=O) groups excluding carboxylic acids is 1. The van der Waals surface area contributed by atoms with Crippen molar-refractivity contribution >= 4 is 5.97 Å². The molecule has 1 heterocycles. The van der Waals surface area contributed by atoms with Crippen LogP contribution < -0.4 is 6.15 Å². The van der Waals surface area contributed by atoms with Crippen molar-refractivity contribution < 1.29 is 9.53 Å². The minimum Gasteiger partial charge on any atom is -0.461 e. The van der Waals surface area contributed by atoms with Crippen LogP contribution in [-0.4, -0.2) is 17.6 Å². The number of carbonyl (C=O) groups is 1. The van der Waals surface area contributed by atoms with Crippen LogP contribution >= 0.6 is 0 Å². The van der Waals surface area contributed by atoms with Crippen molar-refractivity contribution in [3.63, 3.8) is 0 Å². The summed E-state index contributed by atoms with van der Waals surface area (Å²) >= 11 is 0. The van der Waals surface area contributed by atoms with Gasteiger partial charge in [0.1, 0.15) is 5.69 Å². The van der Waals surface area contributed by atoms with Crippen molar-refractivity contribution in [3.8, 4) is 0 Å². The van der Waals surface area contributed by atoms with Crippen LogP contribution in [-0.2, 0) is 4.74 Å². The van der Waals surface area contributed by atoms with Crippen LogP contribution in [0.1, 0.15) is 23.0 Å².